The number of rotatable bonds is 2. The van der Waals surface area contributed by atoms with Crippen molar-refractivity contribution in [1.29, 1.82) is 0 Å². The van der Waals surface area contributed by atoms with Gasteiger partial charge >= 0.3 is 5.69 Å². The van der Waals surface area contributed by atoms with Gasteiger partial charge in [-0.05, 0) is 31.0 Å². The number of aryl methyl sites for hydroxylation is 2. The first kappa shape index (κ1) is 12.7. The first-order chi connectivity index (χ1) is 8.97. The Kier molecular flexibility index (Phi) is 3.28. The number of hydrogen-bond donors (Lipinski definition) is 3. The lowest BCUT2D eigenvalue weighted by Gasteiger charge is -2.00. The Morgan fingerprint density at radius 2 is 1.84 bits per heavy atom. The van der Waals surface area contributed by atoms with Crippen LogP contribution in [0.25, 0.3) is 0 Å². The molecule has 0 saturated heterocycles. The molecule has 3 N–H and O–H groups in total. The Labute approximate surface area is 107 Å². The zero-order chi connectivity index (χ0) is 14.0. The number of hydrogen-bond acceptors (Lipinski definition) is 5. The third-order valence-corrected chi connectivity index (χ3v) is 2.52. The van der Waals surface area contributed by atoms with E-state index < -0.39 is 17.1 Å². The number of aromatic amines is 2. The quantitative estimate of drug-likeness (QED) is 0.716. The highest BCUT2D eigenvalue weighted by atomic mass is 16.3. The van der Waals surface area contributed by atoms with Crippen molar-refractivity contribution in [2.45, 2.75) is 13.8 Å². The first-order valence-corrected chi connectivity index (χ1v) is 5.52. The lowest BCUT2D eigenvalue weighted by molar-refractivity contribution is 0.450. The van der Waals surface area contributed by atoms with Crippen molar-refractivity contribution in [3.05, 3.63) is 50.2 Å². The van der Waals surface area contributed by atoms with Crippen LogP contribution in [0.15, 0.2) is 38.0 Å². The third kappa shape index (κ3) is 2.76. The number of azo groups is 1. The van der Waals surface area contributed by atoms with E-state index in [0.717, 1.165) is 11.1 Å². The molecule has 0 aliphatic heterocycles. The summed E-state index contributed by atoms with van der Waals surface area (Å²) in [6, 6.07) is 5.61. The molecule has 0 saturated carbocycles. The van der Waals surface area contributed by atoms with Crippen molar-refractivity contribution in [3.8, 4) is 5.88 Å². The van der Waals surface area contributed by atoms with Crippen LogP contribution in [0, 0.1) is 13.8 Å². The van der Waals surface area contributed by atoms with E-state index in [-0.39, 0.29) is 5.69 Å². The number of aromatic nitrogens is 2. The minimum Gasteiger partial charge on any atom is -0.493 e. The van der Waals surface area contributed by atoms with Crippen LogP contribution in [0.1, 0.15) is 11.1 Å². The molecule has 1 heterocycles. The predicted octanol–water partition coefficient (Wildman–Crippen LogP) is 1.80. The van der Waals surface area contributed by atoms with Gasteiger partial charge in [0.05, 0.1) is 5.69 Å². The van der Waals surface area contributed by atoms with Gasteiger partial charge in [0.1, 0.15) is 0 Å². The summed E-state index contributed by atoms with van der Waals surface area (Å²) in [6.07, 6.45) is 0. The topological polar surface area (TPSA) is 111 Å². The molecule has 0 spiro atoms. The molecule has 2 aromatic rings. The lowest BCUT2D eigenvalue weighted by atomic mass is 10.1. The molecule has 1 aromatic heterocycles. The zero-order valence-corrected chi connectivity index (χ0v) is 10.4. The highest BCUT2D eigenvalue weighted by Gasteiger charge is 2.07. The fraction of sp³-hybridized carbons (Fsp3) is 0.167. The Balaban J connectivity index is 2.46. The normalized spacial score (nSPS) is 11.1. The van der Waals surface area contributed by atoms with E-state index >= 15 is 0 Å². The summed E-state index contributed by atoms with van der Waals surface area (Å²) in [6.45, 7) is 3.76. The van der Waals surface area contributed by atoms with E-state index in [1.807, 2.05) is 35.9 Å². The number of nitrogens with zero attached hydrogens (tertiary/aromatic N) is 2. The van der Waals surface area contributed by atoms with Gasteiger partial charge in [0.2, 0.25) is 11.6 Å². The molecule has 19 heavy (non-hydrogen) atoms. The van der Waals surface area contributed by atoms with Crippen molar-refractivity contribution in [3.63, 3.8) is 0 Å². The van der Waals surface area contributed by atoms with Gasteiger partial charge in [-0.2, -0.15) is 0 Å². The van der Waals surface area contributed by atoms with Crippen LogP contribution in [0.4, 0.5) is 11.4 Å². The second-order valence-corrected chi connectivity index (χ2v) is 4.10. The third-order valence-electron chi connectivity index (χ3n) is 2.52. The van der Waals surface area contributed by atoms with Crippen LogP contribution in [0.3, 0.4) is 0 Å². The van der Waals surface area contributed by atoms with Crippen LogP contribution >= 0.6 is 0 Å². The van der Waals surface area contributed by atoms with Crippen LogP contribution in [-0.4, -0.2) is 15.1 Å². The van der Waals surface area contributed by atoms with Gasteiger partial charge < -0.3 is 5.11 Å². The molecule has 0 aliphatic carbocycles. The van der Waals surface area contributed by atoms with Crippen LogP contribution in [0.2, 0.25) is 0 Å². The number of aromatic hydroxyl groups is 1. The van der Waals surface area contributed by atoms with Gasteiger partial charge in [-0.3, -0.25) is 14.8 Å². The molecular formula is C12H12N4O3. The van der Waals surface area contributed by atoms with Gasteiger partial charge in [-0.25, -0.2) is 4.79 Å². The Hall–Kier alpha value is -2.70. The number of benzene rings is 1. The second kappa shape index (κ2) is 4.89. The van der Waals surface area contributed by atoms with Crippen molar-refractivity contribution in [2.75, 3.05) is 0 Å². The fourth-order valence-electron chi connectivity index (χ4n) is 1.49. The maximum atomic E-state index is 11.4. The van der Waals surface area contributed by atoms with Gasteiger partial charge in [0.25, 0.3) is 5.56 Å². The molecule has 2 rings (SSSR count). The Morgan fingerprint density at radius 1 is 1.11 bits per heavy atom. The summed E-state index contributed by atoms with van der Waals surface area (Å²) < 4.78 is 0. The standard InChI is InChI=1S/C12H12N4O3/c1-6-3-4-7(2)8(5-6)15-16-9-10(17)13-12(19)14-11(9)18/h3-5H,1-2H3,(H3,13,14,17,18,19). The van der Waals surface area contributed by atoms with Gasteiger partial charge in [0, 0.05) is 0 Å². The van der Waals surface area contributed by atoms with Crippen LogP contribution in [0.5, 0.6) is 5.88 Å². The van der Waals surface area contributed by atoms with Crippen LogP contribution < -0.4 is 11.2 Å². The smallest absolute Gasteiger partial charge is 0.328 e. The van der Waals surface area contributed by atoms with Gasteiger partial charge in [-0.1, -0.05) is 12.1 Å². The lowest BCUT2D eigenvalue weighted by Crippen LogP contribution is -2.20. The Morgan fingerprint density at radius 3 is 2.53 bits per heavy atom. The average molecular weight is 260 g/mol. The highest BCUT2D eigenvalue weighted by Crippen LogP contribution is 2.24. The molecule has 0 atom stereocenters. The van der Waals surface area contributed by atoms with E-state index in [9.17, 15) is 14.7 Å². The predicted molar refractivity (Wildman–Crippen MR) is 69.4 cm³/mol. The second-order valence-electron chi connectivity index (χ2n) is 4.10. The molecule has 7 nitrogen and oxygen atoms in total. The summed E-state index contributed by atoms with van der Waals surface area (Å²) >= 11 is 0. The van der Waals surface area contributed by atoms with Gasteiger partial charge in [0.15, 0.2) is 0 Å². The molecule has 0 radical (unpaired) electrons. The van der Waals surface area contributed by atoms with E-state index in [1.54, 1.807) is 6.07 Å². The number of nitrogens with one attached hydrogen (secondary N) is 2. The minimum atomic E-state index is -0.798. The summed E-state index contributed by atoms with van der Waals surface area (Å²) in [4.78, 5) is 26.3. The van der Waals surface area contributed by atoms with E-state index in [4.69, 9.17) is 0 Å². The van der Waals surface area contributed by atoms with Crippen molar-refractivity contribution in [2.24, 2.45) is 10.2 Å². The van der Waals surface area contributed by atoms with Crippen molar-refractivity contribution in [1.82, 2.24) is 9.97 Å². The van der Waals surface area contributed by atoms with Crippen LogP contribution in [-0.2, 0) is 0 Å². The minimum absolute atomic E-state index is 0.333. The molecule has 0 amide bonds. The van der Waals surface area contributed by atoms with Crippen molar-refractivity contribution >= 4 is 11.4 Å². The average Bonchev–Trinajstić information content (AvgIpc) is 2.32. The fourth-order valence-corrected chi connectivity index (χ4v) is 1.49. The molecule has 98 valence electrons. The molecular weight excluding hydrogens is 248 g/mol. The van der Waals surface area contributed by atoms with E-state index in [1.165, 1.54) is 0 Å². The highest BCUT2D eigenvalue weighted by molar-refractivity contribution is 5.49. The molecule has 0 aliphatic rings. The Bertz CT molecular complexity index is 758. The zero-order valence-electron chi connectivity index (χ0n) is 10.4. The summed E-state index contributed by atoms with van der Waals surface area (Å²) in [5.74, 6) is -0.609. The number of H-pyrrole nitrogens is 2. The van der Waals surface area contributed by atoms with E-state index in [0.29, 0.717) is 5.69 Å². The molecule has 7 heteroatoms. The van der Waals surface area contributed by atoms with Crippen molar-refractivity contribution < 1.29 is 5.11 Å². The maximum absolute atomic E-state index is 11.4. The monoisotopic (exact) mass is 260 g/mol. The van der Waals surface area contributed by atoms with E-state index in [2.05, 4.69) is 10.2 Å². The maximum Gasteiger partial charge on any atom is 0.328 e. The van der Waals surface area contributed by atoms with Gasteiger partial charge in [-0.15, -0.1) is 10.2 Å². The molecule has 0 unspecified atom stereocenters. The summed E-state index contributed by atoms with van der Waals surface area (Å²) in [7, 11) is 0. The largest absolute Gasteiger partial charge is 0.493 e. The summed E-state index contributed by atoms with van der Waals surface area (Å²) in [5, 5.41) is 17.0. The summed E-state index contributed by atoms with van der Waals surface area (Å²) in [5.41, 5.74) is 0.544. The molecule has 0 bridgehead atoms. The SMILES string of the molecule is Cc1ccc(C)c(N=Nc2c(O)[nH]c(=O)[nH]c2=O)c1. The molecule has 0 fully saturated rings. The molecule has 1 aromatic carbocycles. The first-order valence-electron chi connectivity index (χ1n) is 5.52.